The maximum absolute atomic E-state index is 13.1. The lowest BCUT2D eigenvalue weighted by molar-refractivity contribution is -0.274. The van der Waals surface area contributed by atoms with Crippen molar-refractivity contribution in [3.05, 3.63) is 89.7 Å². The van der Waals surface area contributed by atoms with Crippen LogP contribution in [0.1, 0.15) is 43.9 Å². The number of nitrogens with one attached hydrogen (secondary N) is 1. The van der Waals surface area contributed by atoms with Crippen molar-refractivity contribution in [1.82, 2.24) is 20.1 Å². The van der Waals surface area contributed by atoms with E-state index >= 15 is 0 Å². The summed E-state index contributed by atoms with van der Waals surface area (Å²) in [4.78, 5) is 24.1. The number of alkyl halides is 3. The Morgan fingerprint density at radius 2 is 1.80 bits per heavy atom. The predicted octanol–water partition coefficient (Wildman–Crippen LogP) is 7.65. The van der Waals surface area contributed by atoms with Gasteiger partial charge < -0.3 is 15.0 Å². The van der Waals surface area contributed by atoms with Crippen LogP contribution >= 0.6 is 11.8 Å². The number of thioether (sulfide) groups is 1. The van der Waals surface area contributed by atoms with Crippen molar-refractivity contribution < 1.29 is 22.7 Å². The molecule has 1 aromatic heterocycles. The van der Waals surface area contributed by atoms with Crippen molar-refractivity contribution in [2.24, 2.45) is 4.99 Å². The molecule has 3 aromatic carbocycles. The summed E-state index contributed by atoms with van der Waals surface area (Å²) in [6, 6.07) is 18.9. The molecule has 1 fully saturated rings. The number of aromatic nitrogens is 3. The van der Waals surface area contributed by atoms with Crippen LogP contribution in [0.2, 0.25) is 0 Å². The van der Waals surface area contributed by atoms with E-state index in [-0.39, 0.29) is 5.75 Å². The average molecular weight is 623 g/mol. The number of rotatable bonds is 8. The van der Waals surface area contributed by atoms with E-state index in [0.29, 0.717) is 16.7 Å². The topological polar surface area (TPSA) is 84.6 Å². The summed E-state index contributed by atoms with van der Waals surface area (Å²) in [5.74, 6) is 0.986. The predicted molar refractivity (Wildman–Crippen MR) is 167 cm³/mol. The summed E-state index contributed by atoms with van der Waals surface area (Å²) in [7, 11) is 0. The van der Waals surface area contributed by atoms with Crippen LogP contribution < -0.4 is 15.0 Å². The minimum absolute atomic E-state index is 0.315. The molecule has 44 heavy (non-hydrogen) atoms. The number of aliphatic imine (C=N–C) groups is 1. The third kappa shape index (κ3) is 7.42. The molecule has 0 unspecified atom stereocenters. The molecule has 0 spiro atoms. The maximum atomic E-state index is 13.1. The van der Waals surface area contributed by atoms with Crippen molar-refractivity contribution >= 4 is 28.6 Å². The van der Waals surface area contributed by atoms with Crippen LogP contribution in [-0.4, -0.2) is 44.6 Å². The molecule has 0 atom stereocenters. The molecule has 4 aromatic rings. The van der Waals surface area contributed by atoms with E-state index in [2.05, 4.69) is 62.1 Å². The van der Waals surface area contributed by atoms with Gasteiger partial charge in [-0.15, -0.1) is 18.3 Å². The summed E-state index contributed by atoms with van der Waals surface area (Å²) in [5.41, 5.74) is 4.96. The molecule has 1 aliphatic heterocycles. The molecule has 8 nitrogen and oxygen atoms in total. The first kappa shape index (κ1) is 31.1. The van der Waals surface area contributed by atoms with E-state index in [1.165, 1.54) is 46.4 Å². The Balaban J connectivity index is 1.26. The lowest BCUT2D eigenvalue weighted by Gasteiger charge is -2.26. The largest absolute Gasteiger partial charge is 0.573 e. The zero-order valence-electron chi connectivity index (χ0n) is 24.9. The van der Waals surface area contributed by atoms with Crippen LogP contribution in [0.5, 0.6) is 5.75 Å². The normalized spacial score (nSPS) is 14.7. The average Bonchev–Trinajstić information content (AvgIpc) is 3.64. The molecular weight excluding hydrogens is 589 g/mol. The SMILES string of the molecule is CCCc1ccc(C)cc1N1CCS/C1=N\C(=O)NC(C)(C)c1ccc(-c2ncn(-c3ccc(OC(F)(F)F)cc3)n2)cc1. The summed E-state index contributed by atoms with van der Waals surface area (Å²) in [6.45, 7) is 8.85. The van der Waals surface area contributed by atoms with Crippen molar-refractivity contribution in [2.75, 3.05) is 17.2 Å². The first-order chi connectivity index (χ1) is 20.9. The second-order valence-corrected chi connectivity index (χ2v) is 12.0. The molecule has 1 N–H and O–H groups in total. The van der Waals surface area contributed by atoms with Crippen molar-refractivity contribution in [1.29, 1.82) is 0 Å². The first-order valence-corrected chi connectivity index (χ1v) is 15.2. The second-order valence-electron chi connectivity index (χ2n) is 11.0. The molecule has 0 bridgehead atoms. The third-order valence-corrected chi connectivity index (χ3v) is 8.09. The highest BCUT2D eigenvalue weighted by molar-refractivity contribution is 8.14. The summed E-state index contributed by atoms with van der Waals surface area (Å²) >= 11 is 1.58. The smallest absolute Gasteiger partial charge is 0.406 e. The van der Waals surface area contributed by atoms with Gasteiger partial charge in [-0.1, -0.05) is 61.5 Å². The highest BCUT2D eigenvalue weighted by Gasteiger charge is 2.31. The quantitative estimate of drug-likeness (QED) is 0.217. The number of ether oxygens (including phenoxy) is 1. The molecule has 2 heterocycles. The molecule has 5 rings (SSSR count). The number of halogens is 3. The van der Waals surface area contributed by atoms with Gasteiger partial charge in [-0.05, 0) is 74.2 Å². The fourth-order valence-electron chi connectivity index (χ4n) is 4.93. The molecule has 0 radical (unpaired) electrons. The Morgan fingerprint density at radius 1 is 1.07 bits per heavy atom. The number of aryl methyl sites for hydroxylation is 2. The van der Waals surface area contributed by atoms with Crippen LogP contribution in [0.25, 0.3) is 17.1 Å². The van der Waals surface area contributed by atoms with Crippen LogP contribution in [0.15, 0.2) is 78.0 Å². The van der Waals surface area contributed by atoms with E-state index in [1.807, 2.05) is 38.1 Å². The number of urea groups is 1. The number of carbonyl (C=O) groups is 1. The van der Waals surface area contributed by atoms with E-state index in [4.69, 9.17) is 0 Å². The zero-order chi connectivity index (χ0) is 31.5. The van der Waals surface area contributed by atoms with Crippen LogP contribution in [0, 0.1) is 6.92 Å². The Kier molecular flexibility index (Phi) is 9.00. The number of hydrogen-bond acceptors (Lipinski definition) is 5. The Bertz CT molecular complexity index is 1650. The zero-order valence-corrected chi connectivity index (χ0v) is 25.7. The summed E-state index contributed by atoms with van der Waals surface area (Å²) < 4.78 is 42.7. The van der Waals surface area contributed by atoms with Crippen molar-refractivity contribution in [3.63, 3.8) is 0 Å². The molecular formula is C32H33F3N6O2S. The summed E-state index contributed by atoms with van der Waals surface area (Å²) in [6.07, 6.45) is -1.27. The molecule has 12 heteroatoms. The van der Waals surface area contributed by atoms with Crippen molar-refractivity contribution in [2.45, 2.75) is 52.4 Å². The van der Waals surface area contributed by atoms with E-state index in [0.717, 1.165) is 42.0 Å². The van der Waals surface area contributed by atoms with Gasteiger partial charge >= 0.3 is 12.4 Å². The number of benzene rings is 3. The van der Waals surface area contributed by atoms with Crippen LogP contribution in [-0.2, 0) is 12.0 Å². The second kappa shape index (κ2) is 12.7. The first-order valence-electron chi connectivity index (χ1n) is 14.2. The van der Waals surface area contributed by atoms with Gasteiger partial charge in [0.05, 0.1) is 11.2 Å². The van der Waals surface area contributed by atoms with E-state index < -0.39 is 17.9 Å². The molecule has 0 saturated carbocycles. The fraction of sp³-hybridized carbons (Fsp3) is 0.312. The van der Waals surface area contributed by atoms with Gasteiger partial charge in [-0.2, -0.15) is 4.99 Å². The Labute approximate surface area is 258 Å². The highest BCUT2D eigenvalue weighted by atomic mass is 32.2. The van der Waals surface area contributed by atoms with Gasteiger partial charge in [0.25, 0.3) is 0 Å². The molecule has 1 aliphatic rings. The van der Waals surface area contributed by atoms with E-state index in [9.17, 15) is 18.0 Å². The molecule has 1 saturated heterocycles. The Hall–Kier alpha value is -4.32. The van der Waals surface area contributed by atoms with Crippen LogP contribution in [0.3, 0.4) is 0 Å². The molecule has 2 amide bonds. The van der Waals surface area contributed by atoms with Crippen LogP contribution in [0.4, 0.5) is 23.7 Å². The number of hydrogen-bond donors (Lipinski definition) is 1. The fourth-order valence-corrected chi connectivity index (χ4v) is 5.88. The number of amidine groups is 1. The van der Waals surface area contributed by atoms with Gasteiger partial charge in [-0.25, -0.2) is 14.5 Å². The van der Waals surface area contributed by atoms with Gasteiger partial charge in [-0.3, -0.25) is 0 Å². The van der Waals surface area contributed by atoms with Gasteiger partial charge in [0.2, 0.25) is 0 Å². The highest BCUT2D eigenvalue weighted by Crippen LogP contribution is 2.31. The minimum Gasteiger partial charge on any atom is -0.406 e. The van der Waals surface area contributed by atoms with Gasteiger partial charge in [0.1, 0.15) is 12.1 Å². The number of amides is 2. The van der Waals surface area contributed by atoms with Gasteiger partial charge in [0.15, 0.2) is 11.0 Å². The standard InChI is InChI=1S/C32H33F3N6O2S/c1-5-6-22-8-7-21(2)19-27(22)40-17-18-44-30(40)37-29(42)38-31(3,4)24-11-9-23(10-12-24)28-36-20-41(39-28)25-13-15-26(16-14-25)43-32(33,34)35/h7-16,19-20H,5-6,17-18H2,1-4H3,(H,38,42)/b37-30-. The van der Waals surface area contributed by atoms with Crippen molar-refractivity contribution in [3.8, 4) is 22.8 Å². The lowest BCUT2D eigenvalue weighted by atomic mass is 9.93. The monoisotopic (exact) mass is 622 g/mol. The Morgan fingerprint density at radius 3 is 2.48 bits per heavy atom. The summed E-state index contributed by atoms with van der Waals surface area (Å²) in [5, 5.41) is 8.19. The number of carbonyl (C=O) groups excluding carboxylic acids is 1. The molecule has 0 aliphatic carbocycles. The number of nitrogens with zero attached hydrogens (tertiary/aromatic N) is 5. The minimum atomic E-state index is -4.75. The van der Waals surface area contributed by atoms with Gasteiger partial charge in [0, 0.05) is 23.5 Å². The maximum Gasteiger partial charge on any atom is 0.573 e. The van der Waals surface area contributed by atoms with E-state index in [1.54, 1.807) is 11.8 Å². The third-order valence-electron chi connectivity index (χ3n) is 7.14. The lowest BCUT2D eigenvalue weighted by Crippen LogP contribution is -2.40. The molecule has 230 valence electrons. The number of anilines is 1.